The van der Waals surface area contributed by atoms with Crippen molar-refractivity contribution in [1.29, 1.82) is 0 Å². The third kappa shape index (κ3) is 4.45. The van der Waals surface area contributed by atoms with Crippen molar-refractivity contribution in [1.82, 2.24) is 4.98 Å². The summed E-state index contributed by atoms with van der Waals surface area (Å²) in [6.45, 7) is 5.74. The van der Waals surface area contributed by atoms with Crippen LogP contribution in [-0.2, 0) is 6.18 Å². The number of hydrogen-bond acceptors (Lipinski definition) is 2. The molecule has 3 aromatic rings. The Bertz CT molecular complexity index is 1170. The Hall–Kier alpha value is -2.80. The zero-order valence-electron chi connectivity index (χ0n) is 19.1. The lowest BCUT2D eigenvalue weighted by Crippen LogP contribution is -2.20. The standard InChI is InChI=1S/C27H26F5NO/c1-14(2)25-23(24(29)17-5-9-18(10-6-17)27(30,31)32)21(16-7-11-19(28)12-8-16)22-20(34)13-4-15(3)26(22)33-25/h5-12,14-15,20,24,34H,4,13H2,1-3H3. The molecular formula is C27H26F5NO. The lowest BCUT2D eigenvalue weighted by Gasteiger charge is -2.32. The molecule has 0 aliphatic heterocycles. The van der Waals surface area contributed by atoms with Crippen LogP contribution in [0.1, 0.15) is 91.4 Å². The Labute approximate surface area is 195 Å². The summed E-state index contributed by atoms with van der Waals surface area (Å²) in [5.74, 6) is -0.613. The first-order chi connectivity index (χ1) is 16.0. The summed E-state index contributed by atoms with van der Waals surface area (Å²) in [7, 11) is 0. The van der Waals surface area contributed by atoms with Gasteiger partial charge in [0.1, 0.15) is 5.82 Å². The molecular weight excluding hydrogens is 449 g/mol. The molecule has 0 spiro atoms. The second kappa shape index (κ2) is 9.10. The molecule has 0 saturated heterocycles. The SMILES string of the molecule is CC(C)c1nc2c(c(-c3ccc(F)cc3)c1C(F)c1ccc(C(F)(F)F)cc1)C(O)CCC2C. The fourth-order valence-electron chi connectivity index (χ4n) is 4.69. The van der Waals surface area contributed by atoms with E-state index < -0.39 is 29.8 Å². The summed E-state index contributed by atoms with van der Waals surface area (Å²) in [4.78, 5) is 4.80. The molecule has 2 aromatic carbocycles. The molecule has 4 rings (SSSR count). The average molecular weight is 476 g/mol. The van der Waals surface area contributed by atoms with Gasteiger partial charge in [-0.05, 0) is 65.6 Å². The van der Waals surface area contributed by atoms with Crippen molar-refractivity contribution in [3.05, 3.63) is 88.0 Å². The summed E-state index contributed by atoms with van der Waals surface area (Å²) >= 11 is 0. The van der Waals surface area contributed by atoms with E-state index in [1.807, 2.05) is 20.8 Å². The van der Waals surface area contributed by atoms with E-state index in [9.17, 15) is 22.7 Å². The first-order valence-corrected chi connectivity index (χ1v) is 11.3. The summed E-state index contributed by atoms with van der Waals surface area (Å²) in [6, 6.07) is 9.58. The number of aromatic nitrogens is 1. The van der Waals surface area contributed by atoms with Gasteiger partial charge in [0.15, 0.2) is 6.17 Å². The lowest BCUT2D eigenvalue weighted by molar-refractivity contribution is -0.137. The molecule has 1 aliphatic carbocycles. The first-order valence-electron chi connectivity index (χ1n) is 11.3. The minimum Gasteiger partial charge on any atom is -0.388 e. The van der Waals surface area contributed by atoms with Gasteiger partial charge in [0, 0.05) is 16.8 Å². The normalized spacial score (nSPS) is 19.2. The number of pyridine rings is 1. The van der Waals surface area contributed by atoms with Gasteiger partial charge in [-0.3, -0.25) is 4.98 Å². The number of halogens is 5. The van der Waals surface area contributed by atoms with Gasteiger partial charge < -0.3 is 5.11 Å². The van der Waals surface area contributed by atoms with Gasteiger partial charge in [0.2, 0.25) is 0 Å². The molecule has 0 saturated carbocycles. The van der Waals surface area contributed by atoms with E-state index in [1.165, 1.54) is 24.3 Å². The highest BCUT2D eigenvalue weighted by Gasteiger charge is 2.35. The van der Waals surface area contributed by atoms with E-state index in [2.05, 4.69) is 0 Å². The van der Waals surface area contributed by atoms with Gasteiger partial charge >= 0.3 is 6.18 Å². The Morgan fingerprint density at radius 2 is 1.59 bits per heavy atom. The molecule has 3 unspecified atom stereocenters. The predicted octanol–water partition coefficient (Wildman–Crippen LogP) is 8.02. The molecule has 1 aromatic heterocycles. The van der Waals surface area contributed by atoms with Crippen LogP contribution in [0, 0.1) is 5.82 Å². The fourth-order valence-corrected chi connectivity index (χ4v) is 4.69. The van der Waals surface area contributed by atoms with E-state index >= 15 is 4.39 Å². The van der Waals surface area contributed by atoms with Crippen LogP contribution in [0.15, 0.2) is 48.5 Å². The third-order valence-electron chi connectivity index (χ3n) is 6.47. The third-order valence-corrected chi connectivity index (χ3v) is 6.47. The molecule has 1 aliphatic rings. The molecule has 180 valence electrons. The van der Waals surface area contributed by atoms with Crippen molar-refractivity contribution < 1.29 is 27.1 Å². The predicted molar refractivity (Wildman–Crippen MR) is 121 cm³/mol. The number of nitrogens with zero attached hydrogens (tertiary/aromatic N) is 1. The minimum atomic E-state index is -4.53. The molecule has 1 heterocycles. The summed E-state index contributed by atoms with van der Waals surface area (Å²) < 4.78 is 69.1. The number of rotatable bonds is 4. The van der Waals surface area contributed by atoms with Crippen LogP contribution in [0.3, 0.4) is 0 Å². The van der Waals surface area contributed by atoms with Crippen LogP contribution >= 0.6 is 0 Å². The van der Waals surface area contributed by atoms with Crippen LogP contribution in [0.25, 0.3) is 11.1 Å². The Balaban J connectivity index is 2.00. The maximum atomic E-state index is 16.3. The molecule has 0 fully saturated rings. The number of alkyl halides is 4. The van der Waals surface area contributed by atoms with Gasteiger partial charge in [0.05, 0.1) is 17.4 Å². The fraction of sp³-hybridized carbons (Fsp3) is 0.370. The average Bonchev–Trinajstić information content (AvgIpc) is 2.80. The summed E-state index contributed by atoms with van der Waals surface area (Å²) in [6.07, 6.45) is -6.00. The maximum absolute atomic E-state index is 16.3. The number of benzene rings is 2. The van der Waals surface area contributed by atoms with Crippen molar-refractivity contribution in [3.63, 3.8) is 0 Å². The number of hydrogen-bond donors (Lipinski definition) is 1. The highest BCUT2D eigenvalue weighted by atomic mass is 19.4. The molecule has 0 radical (unpaired) electrons. The van der Waals surface area contributed by atoms with Crippen LogP contribution in [0.4, 0.5) is 22.0 Å². The molecule has 0 bridgehead atoms. The Morgan fingerprint density at radius 1 is 0.971 bits per heavy atom. The van der Waals surface area contributed by atoms with Gasteiger partial charge in [-0.25, -0.2) is 8.78 Å². The molecule has 7 heteroatoms. The zero-order valence-corrected chi connectivity index (χ0v) is 19.1. The van der Waals surface area contributed by atoms with E-state index in [0.29, 0.717) is 34.5 Å². The van der Waals surface area contributed by atoms with Gasteiger partial charge in [0.25, 0.3) is 0 Å². The largest absolute Gasteiger partial charge is 0.416 e. The molecule has 2 nitrogen and oxygen atoms in total. The van der Waals surface area contributed by atoms with Gasteiger partial charge in [-0.1, -0.05) is 45.0 Å². The minimum absolute atomic E-state index is 0.0354. The Kier molecular flexibility index (Phi) is 6.51. The number of aliphatic hydroxyl groups excluding tert-OH is 1. The molecule has 0 amide bonds. The van der Waals surface area contributed by atoms with Crippen molar-refractivity contribution >= 4 is 0 Å². The van der Waals surface area contributed by atoms with Crippen molar-refractivity contribution in [3.8, 4) is 11.1 Å². The van der Waals surface area contributed by atoms with Gasteiger partial charge in [-0.15, -0.1) is 0 Å². The van der Waals surface area contributed by atoms with Crippen LogP contribution in [0.2, 0.25) is 0 Å². The number of aliphatic hydroxyl groups is 1. The van der Waals surface area contributed by atoms with Crippen LogP contribution in [-0.4, -0.2) is 10.1 Å². The van der Waals surface area contributed by atoms with E-state index in [1.54, 1.807) is 0 Å². The van der Waals surface area contributed by atoms with Crippen molar-refractivity contribution in [2.45, 2.75) is 63.9 Å². The highest BCUT2D eigenvalue weighted by molar-refractivity contribution is 5.75. The monoisotopic (exact) mass is 475 g/mol. The Morgan fingerprint density at radius 3 is 2.15 bits per heavy atom. The topological polar surface area (TPSA) is 33.1 Å². The van der Waals surface area contributed by atoms with Crippen molar-refractivity contribution in [2.75, 3.05) is 0 Å². The molecule has 3 atom stereocenters. The molecule has 34 heavy (non-hydrogen) atoms. The zero-order chi connectivity index (χ0) is 24.8. The van der Waals surface area contributed by atoms with Crippen LogP contribution in [0.5, 0.6) is 0 Å². The quantitative estimate of drug-likeness (QED) is 0.388. The van der Waals surface area contributed by atoms with Crippen LogP contribution < -0.4 is 0 Å². The highest BCUT2D eigenvalue weighted by Crippen LogP contribution is 2.48. The summed E-state index contributed by atoms with van der Waals surface area (Å²) in [5, 5.41) is 10.9. The van der Waals surface area contributed by atoms with E-state index in [0.717, 1.165) is 30.7 Å². The number of fused-ring (bicyclic) bond motifs is 1. The lowest BCUT2D eigenvalue weighted by atomic mass is 9.77. The smallest absolute Gasteiger partial charge is 0.388 e. The second-order valence-corrected chi connectivity index (χ2v) is 9.22. The van der Waals surface area contributed by atoms with Crippen molar-refractivity contribution in [2.24, 2.45) is 0 Å². The molecule has 1 N–H and O–H groups in total. The second-order valence-electron chi connectivity index (χ2n) is 9.22. The maximum Gasteiger partial charge on any atom is 0.416 e. The van der Waals surface area contributed by atoms with E-state index in [-0.39, 0.29) is 23.0 Å². The first kappa shape index (κ1) is 24.3. The van der Waals surface area contributed by atoms with E-state index in [4.69, 9.17) is 4.98 Å². The summed E-state index contributed by atoms with van der Waals surface area (Å²) in [5.41, 5.74) is 2.04. The van der Waals surface area contributed by atoms with Gasteiger partial charge in [-0.2, -0.15) is 13.2 Å².